The van der Waals surface area contributed by atoms with E-state index < -0.39 is 5.54 Å². The molecule has 2 aliphatic rings. The number of fused-ring (bicyclic) bond motifs is 3. The standard InChI is InChI=1S/C27H31N3O2/c1-18-13-14-22(19(2)15-18)30-25(31)24-16-20-9-7-8-12-23(20)29(24)17-27(30,3)26(32)28-21-10-5-4-6-11-21/h7-9,12-16,21H,4-6,10-11,17H2,1-3H3,(H,28,32)/t27-/m0/s1. The van der Waals surface area contributed by atoms with Crippen LogP contribution in [0.3, 0.4) is 0 Å². The van der Waals surface area contributed by atoms with Gasteiger partial charge in [0.2, 0.25) is 5.91 Å². The Bertz CT molecular complexity index is 1200. The molecule has 0 radical (unpaired) electrons. The van der Waals surface area contributed by atoms with Crippen LogP contribution >= 0.6 is 0 Å². The van der Waals surface area contributed by atoms with Crippen LogP contribution in [0.5, 0.6) is 0 Å². The zero-order valence-corrected chi connectivity index (χ0v) is 19.1. The van der Waals surface area contributed by atoms with E-state index in [2.05, 4.69) is 11.4 Å². The van der Waals surface area contributed by atoms with Crippen molar-refractivity contribution in [2.75, 3.05) is 4.90 Å². The van der Waals surface area contributed by atoms with Crippen molar-refractivity contribution >= 4 is 28.4 Å². The van der Waals surface area contributed by atoms with Gasteiger partial charge in [-0.2, -0.15) is 0 Å². The second-order valence-corrected chi connectivity index (χ2v) is 9.69. The van der Waals surface area contributed by atoms with Crippen molar-refractivity contribution in [3.05, 3.63) is 65.4 Å². The van der Waals surface area contributed by atoms with Gasteiger partial charge in [0, 0.05) is 22.6 Å². The summed E-state index contributed by atoms with van der Waals surface area (Å²) in [6.07, 6.45) is 5.55. The van der Waals surface area contributed by atoms with Gasteiger partial charge in [0.1, 0.15) is 11.2 Å². The Morgan fingerprint density at radius 1 is 1.03 bits per heavy atom. The Kier molecular flexibility index (Phi) is 5.07. The van der Waals surface area contributed by atoms with Crippen molar-refractivity contribution in [1.82, 2.24) is 9.88 Å². The number of nitrogens with zero attached hydrogens (tertiary/aromatic N) is 2. The van der Waals surface area contributed by atoms with Gasteiger partial charge < -0.3 is 9.88 Å². The summed E-state index contributed by atoms with van der Waals surface area (Å²) >= 11 is 0. The zero-order valence-electron chi connectivity index (χ0n) is 19.1. The highest BCUT2D eigenvalue weighted by atomic mass is 16.2. The molecular weight excluding hydrogens is 398 g/mol. The van der Waals surface area contributed by atoms with Gasteiger partial charge in [0.15, 0.2) is 0 Å². The third-order valence-corrected chi connectivity index (χ3v) is 7.22. The highest BCUT2D eigenvalue weighted by Crippen LogP contribution is 2.37. The van der Waals surface area contributed by atoms with Gasteiger partial charge in [-0.15, -0.1) is 0 Å². The lowest BCUT2D eigenvalue weighted by atomic mass is 9.90. The molecule has 5 heteroatoms. The van der Waals surface area contributed by atoms with Gasteiger partial charge in [-0.05, 0) is 57.4 Å². The molecule has 5 rings (SSSR count). The van der Waals surface area contributed by atoms with Crippen molar-refractivity contribution < 1.29 is 9.59 Å². The van der Waals surface area contributed by atoms with Crippen LogP contribution < -0.4 is 10.2 Å². The number of anilines is 1. The average molecular weight is 430 g/mol. The van der Waals surface area contributed by atoms with Crippen molar-refractivity contribution in [2.45, 2.75) is 71.0 Å². The highest BCUT2D eigenvalue weighted by Gasteiger charge is 2.49. The van der Waals surface area contributed by atoms with Crippen molar-refractivity contribution in [1.29, 1.82) is 0 Å². The number of benzene rings is 2. The molecule has 1 saturated carbocycles. The maximum atomic E-state index is 14.0. The van der Waals surface area contributed by atoms with E-state index in [0.717, 1.165) is 53.4 Å². The fourth-order valence-corrected chi connectivity index (χ4v) is 5.47. The van der Waals surface area contributed by atoms with Crippen molar-refractivity contribution in [3.8, 4) is 0 Å². The third kappa shape index (κ3) is 3.31. The van der Waals surface area contributed by atoms with Gasteiger partial charge in [0.05, 0.1) is 6.54 Å². The van der Waals surface area contributed by atoms with Gasteiger partial charge in [-0.3, -0.25) is 14.5 Å². The summed E-state index contributed by atoms with van der Waals surface area (Å²) in [6.45, 7) is 6.40. The first-order valence-corrected chi connectivity index (χ1v) is 11.7. The average Bonchev–Trinajstić information content (AvgIpc) is 3.14. The number of nitrogens with one attached hydrogen (secondary N) is 1. The van der Waals surface area contributed by atoms with Crippen LogP contribution in [-0.2, 0) is 11.3 Å². The molecule has 0 spiro atoms. The molecule has 1 N–H and O–H groups in total. The first-order chi connectivity index (χ1) is 15.4. The number of hydrogen-bond donors (Lipinski definition) is 1. The Labute approximate surface area is 189 Å². The Morgan fingerprint density at radius 2 is 1.78 bits per heavy atom. The van der Waals surface area contributed by atoms with Gasteiger partial charge in [0.25, 0.3) is 5.91 Å². The predicted octanol–water partition coefficient (Wildman–Crippen LogP) is 5.13. The molecule has 0 saturated heterocycles. The number of carbonyl (C=O) groups is 2. The molecular formula is C27H31N3O2. The second-order valence-electron chi connectivity index (χ2n) is 9.69. The molecule has 1 atom stereocenters. The van der Waals surface area contributed by atoms with E-state index in [0.29, 0.717) is 12.2 Å². The van der Waals surface area contributed by atoms with Crippen LogP contribution in [0.25, 0.3) is 10.9 Å². The SMILES string of the molecule is Cc1ccc(N2C(=O)c3cc4ccccc4n3C[C@@]2(C)C(=O)NC2CCCCC2)c(C)c1. The molecule has 0 bridgehead atoms. The first-order valence-electron chi connectivity index (χ1n) is 11.7. The normalized spacial score (nSPS) is 21.6. The molecule has 3 aromatic rings. The molecule has 1 aliphatic carbocycles. The molecule has 2 heterocycles. The number of hydrogen-bond acceptors (Lipinski definition) is 2. The second kappa shape index (κ2) is 7.80. The topological polar surface area (TPSA) is 54.3 Å². The monoisotopic (exact) mass is 429 g/mol. The maximum absolute atomic E-state index is 14.0. The summed E-state index contributed by atoms with van der Waals surface area (Å²) in [4.78, 5) is 29.6. The van der Waals surface area contributed by atoms with Crippen molar-refractivity contribution in [3.63, 3.8) is 0 Å². The third-order valence-electron chi connectivity index (χ3n) is 7.22. The molecule has 32 heavy (non-hydrogen) atoms. The lowest BCUT2D eigenvalue weighted by molar-refractivity contribution is -0.127. The fraction of sp³-hybridized carbons (Fsp3) is 0.407. The number of aryl methyl sites for hydroxylation is 2. The van der Waals surface area contributed by atoms with Crippen LogP contribution in [-0.4, -0.2) is 28.0 Å². The molecule has 0 unspecified atom stereocenters. The van der Waals surface area contributed by atoms with Gasteiger partial charge in [-0.25, -0.2) is 0 Å². The molecule has 5 nitrogen and oxygen atoms in total. The molecule has 1 aromatic heterocycles. The summed E-state index contributed by atoms with van der Waals surface area (Å²) in [7, 11) is 0. The van der Waals surface area contributed by atoms with Crippen LogP contribution in [0.4, 0.5) is 5.69 Å². The summed E-state index contributed by atoms with van der Waals surface area (Å²) in [5.74, 6) is -0.193. The minimum Gasteiger partial charge on any atom is -0.351 e. The Balaban J connectivity index is 1.63. The van der Waals surface area contributed by atoms with Gasteiger partial charge in [-0.1, -0.05) is 55.2 Å². The van der Waals surface area contributed by atoms with E-state index in [9.17, 15) is 9.59 Å². The maximum Gasteiger partial charge on any atom is 0.275 e. The van der Waals surface area contributed by atoms with Crippen LogP contribution in [0.2, 0.25) is 0 Å². The zero-order chi connectivity index (χ0) is 22.5. The largest absolute Gasteiger partial charge is 0.351 e. The quantitative estimate of drug-likeness (QED) is 0.628. The van der Waals surface area contributed by atoms with E-state index >= 15 is 0 Å². The lowest BCUT2D eigenvalue weighted by Crippen LogP contribution is -2.65. The van der Waals surface area contributed by atoms with Crippen LogP contribution in [0, 0.1) is 13.8 Å². The van der Waals surface area contributed by atoms with E-state index in [-0.39, 0.29) is 17.9 Å². The minimum atomic E-state index is -1.02. The number of rotatable bonds is 3. The smallest absolute Gasteiger partial charge is 0.275 e. The van der Waals surface area contributed by atoms with Crippen molar-refractivity contribution in [2.24, 2.45) is 0 Å². The summed E-state index contributed by atoms with van der Waals surface area (Å²) in [5.41, 5.74) is 3.54. The first kappa shape index (κ1) is 20.8. The molecule has 2 aromatic carbocycles. The highest BCUT2D eigenvalue weighted by molar-refractivity contribution is 6.14. The van der Waals surface area contributed by atoms with E-state index in [1.54, 1.807) is 4.90 Å². The Hall–Kier alpha value is -3.08. The molecule has 2 amide bonds. The minimum absolute atomic E-state index is 0.0684. The predicted molar refractivity (Wildman–Crippen MR) is 128 cm³/mol. The number of aromatic nitrogens is 1. The number of amides is 2. The van der Waals surface area contributed by atoms with Crippen LogP contribution in [0.1, 0.15) is 60.6 Å². The molecule has 166 valence electrons. The number of para-hydroxylation sites is 1. The summed E-state index contributed by atoms with van der Waals surface area (Å²) in [6, 6.07) is 16.2. The summed E-state index contributed by atoms with van der Waals surface area (Å²) < 4.78 is 2.03. The molecule has 1 fully saturated rings. The number of carbonyl (C=O) groups excluding carboxylic acids is 2. The lowest BCUT2D eigenvalue weighted by Gasteiger charge is -2.45. The van der Waals surface area contributed by atoms with E-state index in [4.69, 9.17) is 0 Å². The summed E-state index contributed by atoms with van der Waals surface area (Å²) in [5, 5.41) is 4.33. The van der Waals surface area contributed by atoms with Gasteiger partial charge >= 0.3 is 0 Å². The molecule has 1 aliphatic heterocycles. The fourth-order valence-electron chi connectivity index (χ4n) is 5.47. The van der Waals surface area contributed by atoms with Crippen LogP contribution in [0.15, 0.2) is 48.5 Å². The van der Waals surface area contributed by atoms with E-state index in [1.165, 1.54) is 6.42 Å². The van der Waals surface area contributed by atoms with E-state index in [1.807, 2.05) is 67.8 Å². The Morgan fingerprint density at radius 3 is 2.53 bits per heavy atom.